The first-order valence-corrected chi connectivity index (χ1v) is 8.87. The highest BCUT2D eigenvalue weighted by molar-refractivity contribution is 5.92. The Kier molecular flexibility index (Phi) is 5.50. The van der Waals surface area contributed by atoms with Gasteiger partial charge in [0.1, 0.15) is 5.76 Å². The van der Waals surface area contributed by atoms with Crippen LogP contribution < -0.4 is 16.0 Å². The van der Waals surface area contributed by atoms with E-state index in [1.165, 1.54) is 0 Å². The van der Waals surface area contributed by atoms with Crippen LogP contribution in [0.1, 0.15) is 67.1 Å². The second-order valence-corrected chi connectivity index (χ2v) is 6.83. The first-order chi connectivity index (χ1) is 11.7. The summed E-state index contributed by atoms with van der Waals surface area (Å²) in [4.78, 5) is 24.0. The summed E-state index contributed by atoms with van der Waals surface area (Å²) >= 11 is 0. The largest absolute Gasteiger partial charge is 0.360 e. The van der Waals surface area contributed by atoms with Gasteiger partial charge in [0.15, 0.2) is 5.69 Å². The molecular formula is C17H26N4O3. The Hall–Kier alpha value is -1.89. The highest BCUT2D eigenvalue weighted by Gasteiger charge is 2.30. The van der Waals surface area contributed by atoms with Crippen molar-refractivity contribution in [1.29, 1.82) is 0 Å². The first kappa shape index (κ1) is 17.0. The average molecular weight is 334 g/mol. The lowest BCUT2D eigenvalue weighted by Crippen LogP contribution is -2.44. The molecule has 1 heterocycles. The summed E-state index contributed by atoms with van der Waals surface area (Å²) in [5.41, 5.74) is 0.374. The molecule has 2 saturated carbocycles. The maximum atomic E-state index is 12.2. The van der Waals surface area contributed by atoms with Crippen LogP contribution >= 0.6 is 0 Å². The Balaban J connectivity index is 1.39. The van der Waals surface area contributed by atoms with Crippen LogP contribution in [0.5, 0.6) is 0 Å². The van der Waals surface area contributed by atoms with Gasteiger partial charge in [-0.2, -0.15) is 0 Å². The summed E-state index contributed by atoms with van der Waals surface area (Å²) < 4.78 is 5.23. The third kappa shape index (κ3) is 4.56. The molecule has 2 aliphatic carbocycles. The summed E-state index contributed by atoms with van der Waals surface area (Å²) in [6.45, 7) is 0.692. The molecule has 2 amide bonds. The van der Waals surface area contributed by atoms with Crippen LogP contribution in [-0.2, 0) is 4.79 Å². The molecule has 0 aromatic carbocycles. The van der Waals surface area contributed by atoms with E-state index >= 15 is 0 Å². The third-order valence-electron chi connectivity index (χ3n) is 4.77. The molecule has 3 N–H and O–H groups in total. The molecule has 24 heavy (non-hydrogen) atoms. The van der Waals surface area contributed by atoms with Gasteiger partial charge in [0.05, 0.1) is 0 Å². The summed E-state index contributed by atoms with van der Waals surface area (Å²) in [5, 5.41) is 12.9. The summed E-state index contributed by atoms with van der Waals surface area (Å²) in [7, 11) is 1.84. The Morgan fingerprint density at radius 1 is 1.12 bits per heavy atom. The predicted molar refractivity (Wildman–Crippen MR) is 88.7 cm³/mol. The lowest BCUT2D eigenvalue weighted by molar-refractivity contribution is -0.121. The van der Waals surface area contributed by atoms with E-state index in [0.717, 1.165) is 44.3 Å². The number of aromatic nitrogens is 1. The molecule has 0 spiro atoms. The number of carbonyl (C=O) groups excluding carboxylic acids is 2. The zero-order valence-electron chi connectivity index (χ0n) is 14.1. The van der Waals surface area contributed by atoms with E-state index in [9.17, 15) is 9.59 Å². The number of hydrogen-bond donors (Lipinski definition) is 3. The molecule has 2 fully saturated rings. The molecule has 7 nitrogen and oxygen atoms in total. The van der Waals surface area contributed by atoms with Crippen molar-refractivity contribution >= 4 is 11.8 Å². The van der Waals surface area contributed by atoms with Crippen LogP contribution in [0.3, 0.4) is 0 Å². The Bertz CT molecular complexity index is 574. The quantitative estimate of drug-likeness (QED) is 0.699. The minimum absolute atomic E-state index is 0.0899. The number of hydrogen-bond acceptors (Lipinski definition) is 5. The number of nitrogens with zero attached hydrogens (tertiary/aromatic N) is 1. The van der Waals surface area contributed by atoms with Gasteiger partial charge < -0.3 is 20.5 Å². The van der Waals surface area contributed by atoms with Crippen molar-refractivity contribution in [2.24, 2.45) is 0 Å². The van der Waals surface area contributed by atoms with E-state index in [0.29, 0.717) is 24.6 Å². The number of nitrogens with one attached hydrogen (secondary N) is 3. The molecule has 3 rings (SSSR count). The molecule has 0 radical (unpaired) electrons. The third-order valence-corrected chi connectivity index (χ3v) is 4.77. The van der Waals surface area contributed by atoms with Crippen LogP contribution in [0.2, 0.25) is 0 Å². The van der Waals surface area contributed by atoms with Crippen molar-refractivity contribution in [2.45, 2.75) is 62.9 Å². The molecule has 132 valence electrons. The Morgan fingerprint density at radius 2 is 1.79 bits per heavy atom. The van der Waals surface area contributed by atoms with Gasteiger partial charge in [0.2, 0.25) is 5.91 Å². The van der Waals surface area contributed by atoms with E-state index in [-0.39, 0.29) is 23.9 Å². The normalized spacial score (nSPS) is 23.7. The highest BCUT2D eigenvalue weighted by Crippen LogP contribution is 2.40. The van der Waals surface area contributed by atoms with E-state index in [2.05, 4.69) is 21.1 Å². The van der Waals surface area contributed by atoms with E-state index in [1.807, 2.05) is 7.05 Å². The van der Waals surface area contributed by atoms with Crippen molar-refractivity contribution in [3.05, 3.63) is 17.5 Å². The summed E-state index contributed by atoms with van der Waals surface area (Å²) in [5.74, 6) is 1.22. The molecule has 0 aliphatic heterocycles. The standard InChI is InChI=1S/C17H26N4O3/c1-18-9-8-16(22)19-12-4-6-13(7-5-12)20-17(23)14-10-15(24-21-14)11-2-3-11/h10-13,18H,2-9H2,1H3,(H,19,22)(H,20,23)/t12-,13-. The van der Waals surface area contributed by atoms with Gasteiger partial charge in [-0.1, -0.05) is 5.16 Å². The SMILES string of the molecule is CNCCC(=O)N[C@H]1CC[C@H](NC(=O)c2cc(C3CC3)on2)CC1. The van der Waals surface area contributed by atoms with Gasteiger partial charge >= 0.3 is 0 Å². The summed E-state index contributed by atoms with van der Waals surface area (Å²) in [6.07, 6.45) is 6.28. The van der Waals surface area contributed by atoms with E-state index in [1.54, 1.807) is 6.07 Å². The van der Waals surface area contributed by atoms with Crippen molar-refractivity contribution < 1.29 is 14.1 Å². The van der Waals surface area contributed by atoms with Crippen molar-refractivity contribution in [1.82, 2.24) is 21.1 Å². The van der Waals surface area contributed by atoms with Gasteiger partial charge in [-0.3, -0.25) is 9.59 Å². The maximum absolute atomic E-state index is 12.2. The lowest BCUT2D eigenvalue weighted by Gasteiger charge is -2.29. The lowest BCUT2D eigenvalue weighted by atomic mass is 9.91. The van der Waals surface area contributed by atoms with Gasteiger partial charge in [-0.05, 0) is 45.6 Å². The number of carbonyl (C=O) groups is 2. The molecule has 0 saturated heterocycles. The zero-order chi connectivity index (χ0) is 16.9. The molecule has 2 aliphatic rings. The first-order valence-electron chi connectivity index (χ1n) is 8.87. The minimum Gasteiger partial charge on any atom is -0.360 e. The zero-order valence-corrected chi connectivity index (χ0v) is 14.1. The Morgan fingerprint density at radius 3 is 2.42 bits per heavy atom. The van der Waals surface area contributed by atoms with Crippen LogP contribution in [0.4, 0.5) is 0 Å². The molecule has 0 unspecified atom stereocenters. The van der Waals surface area contributed by atoms with E-state index in [4.69, 9.17) is 4.52 Å². The van der Waals surface area contributed by atoms with E-state index < -0.39 is 0 Å². The van der Waals surface area contributed by atoms with Crippen molar-refractivity contribution in [2.75, 3.05) is 13.6 Å². The van der Waals surface area contributed by atoms with Crippen LogP contribution in [0.15, 0.2) is 10.6 Å². The van der Waals surface area contributed by atoms with Crippen LogP contribution in [0.25, 0.3) is 0 Å². The molecule has 0 bridgehead atoms. The molecule has 1 aromatic rings. The topological polar surface area (TPSA) is 96.3 Å². The fourth-order valence-corrected chi connectivity index (χ4v) is 3.14. The smallest absolute Gasteiger partial charge is 0.273 e. The molecule has 1 aromatic heterocycles. The fourth-order valence-electron chi connectivity index (χ4n) is 3.14. The van der Waals surface area contributed by atoms with Gasteiger partial charge in [-0.25, -0.2) is 0 Å². The maximum Gasteiger partial charge on any atom is 0.273 e. The van der Waals surface area contributed by atoms with Crippen molar-refractivity contribution in [3.63, 3.8) is 0 Å². The van der Waals surface area contributed by atoms with Crippen LogP contribution in [-0.4, -0.2) is 42.6 Å². The highest BCUT2D eigenvalue weighted by atomic mass is 16.5. The molecule has 7 heteroatoms. The van der Waals surface area contributed by atoms with Gasteiger partial charge in [0, 0.05) is 37.0 Å². The monoisotopic (exact) mass is 334 g/mol. The van der Waals surface area contributed by atoms with Crippen LogP contribution in [0, 0.1) is 0 Å². The summed E-state index contributed by atoms with van der Waals surface area (Å²) in [6, 6.07) is 2.13. The number of amides is 2. The molecule has 0 atom stereocenters. The number of rotatable bonds is 7. The second-order valence-electron chi connectivity index (χ2n) is 6.83. The average Bonchev–Trinajstić information content (AvgIpc) is 3.31. The van der Waals surface area contributed by atoms with Gasteiger partial charge in [0.25, 0.3) is 5.91 Å². The Labute approximate surface area is 141 Å². The molecular weight excluding hydrogens is 308 g/mol. The fraction of sp³-hybridized carbons (Fsp3) is 0.706. The second kappa shape index (κ2) is 7.79. The minimum atomic E-state index is -0.160. The van der Waals surface area contributed by atoms with Crippen molar-refractivity contribution in [3.8, 4) is 0 Å². The van der Waals surface area contributed by atoms with Gasteiger partial charge in [-0.15, -0.1) is 0 Å². The predicted octanol–water partition coefficient (Wildman–Crippen LogP) is 1.32.